The lowest BCUT2D eigenvalue weighted by Gasteiger charge is -2.09. The minimum atomic E-state index is -1.09. The zero-order chi connectivity index (χ0) is 14.4. The molecule has 1 heterocycles. The minimum absolute atomic E-state index is 0.0497. The van der Waals surface area contributed by atoms with Crippen molar-refractivity contribution in [3.05, 3.63) is 48.0 Å². The maximum atomic E-state index is 11.7. The number of rotatable bonds is 5. The van der Waals surface area contributed by atoms with E-state index in [1.807, 2.05) is 0 Å². The molecule has 0 saturated carbocycles. The maximum absolute atomic E-state index is 11.7. The normalized spacial score (nSPS) is 10.0. The van der Waals surface area contributed by atoms with E-state index in [1.165, 1.54) is 12.1 Å². The Kier molecular flexibility index (Phi) is 4.33. The molecule has 0 spiro atoms. The van der Waals surface area contributed by atoms with E-state index in [2.05, 4.69) is 20.6 Å². The number of urea groups is 1. The molecule has 1 aromatic heterocycles. The summed E-state index contributed by atoms with van der Waals surface area (Å²) in [4.78, 5) is 29.6. The van der Waals surface area contributed by atoms with Gasteiger partial charge in [-0.15, -0.1) is 0 Å². The molecule has 0 aliphatic rings. The summed E-state index contributed by atoms with van der Waals surface area (Å²) in [5, 5.41) is 14.1. The molecule has 0 unspecified atom stereocenters. The first-order valence-electron chi connectivity index (χ1n) is 6.02. The van der Waals surface area contributed by atoms with Gasteiger partial charge in [-0.3, -0.25) is 0 Å². The number of benzene rings is 1. The summed E-state index contributed by atoms with van der Waals surface area (Å²) >= 11 is 0. The Morgan fingerprint density at radius 2 is 2.10 bits per heavy atom. The predicted octanol–water partition coefficient (Wildman–Crippen LogP) is 1.47. The number of H-pyrrole nitrogens is 1. The molecule has 0 fully saturated rings. The summed E-state index contributed by atoms with van der Waals surface area (Å²) in [6.07, 6.45) is 3.91. The molecule has 1 aromatic carbocycles. The lowest BCUT2D eigenvalue weighted by molar-refractivity contribution is 0.0698. The third-order valence-electron chi connectivity index (χ3n) is 2.61. The first-order valence-corrected chi connectivity index (χ1v) is 6.02. The standard InChI is InChI=1S/C13H14N4O3/c18-12(19)9-3-1-2-4-10(9)17-13(20)16-6-5-11-14-7-8-15-11/h1-4,7-8H,5-6H2,(H,14,15)(H,18,19)(H2,16,17,20). The van der Waals surface area contributed by atoms with Crippen LogP contribution in [-0.2, 0) is 6.42 Å². The molecular weight excluding hydrogens is 260 g/mol. The summed E-state index contributed by atoms with van der Waals surface area (Å²) in [7, 11) is 0. The van der Waals surface area contributed by atoms with Crippen molar-refractivity contribution in [3.63, 3.8) is 0 Å². The topological polar surface area (TPSA) is 107 Å². The van der Waals surface area contributed by atoms with Crippen LogP contribution in [0.1, 0.15) is 16.2 Å². The number of aromatic amines is 1. The van der Waals surface area contributed by atoms with Crippen molar-refractivity contribution in [2.45, 2.75) is 6.42 Å². The number of anilines is 1. The summed E-state index contributed by atoms with van der Waals surface area (Å²) in [6.45, 7) is 0.397. The van der Waals surface area contributed by atoms with Crippen molar-refractivity contribution in [1.82, 2.24) is 15.3 Å². The number of nitrogens with one attached hydrogen (secondary N) is 3. The molecule has 0 atom stereocenters. The zero-order valence-electron chi connectivity index (χ0n) is 10.6. The van der Waals surface area contributed by atoms with Crippen molar-refractivity contribution in [2.75, 3.05) is 11.9 Å². The van der Waals surface area contributed by atoms with Crippen LogP contribution in [0.5, 0.6) is 0 Å². The molecule has 2 amide bonds. The number of para-hydroxylation sites is 1. The Hall–Kier alpha value is -2.83. The molecule has 0 aliphatic carbocycles. The largest absolute Gasteiger partial charge is 0.478 e. The number of carbonyl (C=O) groups is 2. The van der Waals surface area contributed by atoms with Gasteiger partial charge in [-0.1, -0.05) is 12.1 Å². The second-order valence-corrected chi connectivity index (χ2v) is 4.02. The van der Waals surface area contributed by atoms with E-state index in [1.54, 1.807) is 24.5 Å². The molecular formula is C13H14N4O3. The summed E-state index contributed by atoms with van der Waals surface area (Å²) in [6, 6.07) is 5.77. The highest BCUT2D eigenvalue weighted by molar-refractivity contribution is 5.99. The molecule has 104 valence electrons. The molecule has 7 heteroatoms. The van der Waals surface area contributed by atoms with Gasteiger partial charge >= 0.3 is 12.0 Å². The molecule has 0 saturated heterocycles. The maximum Gasteiger partial charge on any atom is 0.337 e. The lowest BCUT2D eigenvalue weighted by atomic mass is 10.2. The summed E-state index contributed by atoms with van der Waals surface area (Å²) in [5.41, 5.74) is 0.309. The average molecular weight is 274 g/mol. The molecule has 7 nitrogen and oxygen atoms in total. The number of amides is 2. The van der Waals surface area contributed by atoms with Crippen LogP contribution in [0.15, 0.2) is 36.7 Å². The van der Waals surface area contributed by atoms with Gasteiger partial charge in [0, 0.05) is 25.4 Å². The number of nitrogens with zero attached hydrogens (tertiary/aromatic N) is 1. The number of hydrogen-bond donors (Lipinski definition) is 4. The van der Waals surface area contributed by atoms with E-state index in [0.29, 0.717) is 13.0 Å². The van der Waals surface area contributed by atoms with Crippen LogP contribution < -0.4 is 10.6 Å². The third-order valence-corrected chi connectivity index (χ3v) is 2.61. The molecule has 0 aliphatic heterocycles. The van der Waals surface area contributed by atoms with Crippen molar-refractivity contribution < 1.29 is 14.7 Å². The fourth-order valence-corrected chi connectivity index (χ4v) is 1.67. The van der Waals surface area contributed by atoms with Crippen molar-refractivity contribution in [3.8, 4) is 0 Å². The Morgan fingerprint density at radius 1 is 1.30 bits per heavy atom. The van der Waals surface area contributed by atoms with Crippen LogP contribution in [0.4, 0.5) is 10.5 Å². The van der Waals surface area contributed by atoms with E-state index >= 15 is 0 Å². The fraction of sp³-hybridized carbons (Fsp3) is 0.154. The fourth-order valence-electron chi connectivity index (χ4n) is 1.67. The highest BCUT2D eigenvalue weighted by atomic mass is 16.4. The number of aromatic carboxylic acids is 1. The Morgan fingerprint density at radius 3 is 2.80 bits per heavy atom. The number of carbonyl (C=O) groups excluding carboxylic acids is 1. The van der Waals surface area contributed by atoms with Gasteiger partial charge < -0.3 is 20.7 Å². The molecule has 2 rings (SSSR count). The van der Waals surface area contributed by atoms with Crippen molar-refractivity contribution >= 4 is 17.7 Å². The number of carboxylic acid groups (broad SMARTS) is 1. The Labute approximate surface area is 115 Å². The van der Waals surface area contributed by atoms with Crippen LogP contribution >= 0.6 is 0 Å². The van der Waals surface area contributed by atoms with Crippen LogP contribution in [0.3, 0.4) is 0 Å². The minimum Gasteiger partial charge on any atom is -0.478 e. The van der Waals surface area contributed by atoms with Crippen LogP contribution in [0.25, 0.3) is 0 Å². The van der Waals surface area contributed by atoms with E-state index in [9.17, 15) is 9.59 Å². The van der Waals surface area contributed by atoms with Gasteiger partial charge in [0.15, 0.2) is 0 Å². The number of imidazole rings is 1. The van der Waals surface area contributed by atoms with Gasteiger partial charge in [0.2, 0.25) is 0 Å². The molecule has 0 bridgehead atoms. The zero-order valence-corrected chi connectivity index (χ0v) is 10.6. The van der Waals surface area contributed by atoms with Crippen LogP contribution in [0, 0.1) is 0 Å². The van der Waals surface area contributed by atoms with E-state index in [-0.39, 0.29) is 11.3 Å². The van der Waals surface area contributed by atoms with E-state index in [0.717, 1.165) is 5.82 Å². The highest BCUT2D eigenvalue weighted by Gasteiger charge is 2.11. The average Bonchev–Trinajstić information content (AvgIpc) is 2.92. The quantitative estimate of drug-likeness (QED) is 0.662. The van der Waals surface area contributed by atoms with Crippen LogP contribution in [0.2, 0.25) is 0 Å². The Bertz CT molecular complexity index is 595. The van der Waals surface area contributed by atoms with Gasteiger partial charge in [0.25, 0.3) is 0 Å². The van der Waals surface area contributed by atoms with Gasteiger partial charge in [-0.2, -0.15) is 0 Å². The summed E-state index contributed by atoms with van der Waals surface area (Å²) in [5.74, 6) is -0.312. The van der Waals surface area contributed by atoms with E-state index in [4.69, 9.17) is 5.11 Å². The predicted molar refractivity (Wildman–Crippen MR) is 72.7 cm³/mol. The SMILES string of the molecule is O=C(NCCc1ncc[nH]1)Nc1ccccc1C(=O)O. The number of aromatic nitrogens is 2. The van der Waals surface area contributed by atoms with Gasteiger partial charge in [0.05, 0.1) is 11.3 Å². The number of hydrogen-bond acceptors (Lipinski definition) is 3. The third kappa shape index (κ3) is 3.58. The summed E-state index contributed by atoms with van der Waals surface area (Å²) < 4.78 is 0. The Balaban J connectivity index is 1.87. The van der Waals surface area contributed by atoms with Gasteiger partial charge in [-0.05, 0) is 12.1 Å². The molecule has 4 N–H and O–H groups in total. The first-order chi connectivity index (χ1) is 9.66. The number of carboxylic acids is 1. The second kappa shape index (κ2) is 6.37. The molecule has 2 aromatic rings. The lowest BCUT2D eigenvalue weighted by Crippen LogP contribution is -2.31. The highest BCUT2D eigenvalue weighted by Crippen LogP contribution is 2.14. The molecule has 20 heavy (non-hydrogen) atoms. The van der Waals surface area contributed by atoms with Gasteiger partial charge in [0.1, 0.15) is 5.82 Å². The molecule has 0 radical (unpaired) electrons. The first kappa shape index (κ1) is 13.6. The van der Waals surface area contributed by atoms with Crippen LogP contribution in [-0.4, -0.2) is 33.6 Å². The monoisotopic (exact) mass is 274 g/mol. The van der Waals surface area contributed by atoms with Gasteiger partial charge in [-0.25, -0.2) is 14.6 Å². The second-order valence-electron chi connectivity index (χ2n) is 4.02. The van der Waals surface area contributed by atoms with Crippen molar-refractivity contribution in [1.29, 1.82) is 0 Å². The smallest absolute Gasteiger partial charge is 0.337 e. The van der Waals surface area contributed by atoms with E-state index < -0.39 is 12.0 Å². The van der Waals surface area contributed by atoms with Crippen molar-refractivity contribution in [2.24, 2.45) is 0 Å².